The number of fused-ring (bicyclic) bond motifs is 5. The highest BCUT2D eigenvalue weighted by atomic mass is 16.5. The summed E-state index contributed by atoms with van der Waals surface area (Å²) in [5, 5.41) is 0. The summed E-state index contributed by atoms with van der Waals surface area (Å²) in [7, 11) is 6.71. The molecule has 0 aromatic heterocycles. The predicted molar refractivity (Wildman–Crippen MR) is 117 cm³/mol. The minimum absolute atomic E-state index is 0.110. The maximum absolute atomic E-state index is 11.6. The number of esters is 2. The number of hydrogen-bond donors (Lipinski definition) is 0. The van der Waals surface area contributed by atoms with Gasteiger partial charge in [-0.25, -0.2) is 0 Å². The average molecular weight is 414 g/mol. The van der Waals surface area contributed by atoms with E-state index in [9.17, 15) is 9.59 Å². The lowest BCUT2D eigenvalue weighted by Crippen LogP contribution is -2.54. The van der Waals surface area contributed by atoms with Gasteiger partial charge < -0.3 is 9.47 Å². The van der Waals surface area contributed by atoms with Crippen LogP contribution in [0.25, 0.3) is 0 Å². The van der Waals surface area contributed by atoms with Crippen LogP contribution in [-0.2, 0) is 19.1 Å². The van der Waals surface area contributed by atoms with Gasteiger partial charge in [-0.05, 0) is 92.3 Å². The van der Waals surface area contributed by atoms with Crippen molar-refractivity contribution in [2.24, 2.45) is 40.4 Å². The zero-order chi connectivity index (χ0) is 21.8. The van der Waals surface area contributed by atoms with Crippen LogP contribution < -0.4 is 0 Å². The third kappa shape index (κ3) is 3.52. The van der Waals surface area contributed by atoms with Gasteiger partial charge in [0.15, 0.2) is 0 Å². The van der Waals surface area contributed by atoms with Crippen LogP contribution in [0.3, 0.4) is 0 Å². The largest absolute Gasteiger partial charge is 0.463 e. The number of rotatable bonds is 3. The van der Waals surface area contributed by atoms with E-state index in [0.717, 1.165) is 31.1 Å². The molecule has 0 unspecified atom stereocenters. The summed E-state index contributed by atoms with van der Waals surface area (Å²) in [6.07, 6.45) is 9.19. The maximum Gasteiger partial charge on any atom is 0.302 e. The molecule has 0 aliphatic heterocycles. The van der Waals surface area contributed by atoms with Crippen molar-refractivity contribution >= 4 is 19.8 Å². The zero-order valence-electron chi connectivity index (χ0n) is 19.5. The summed E-state index contributed by atoms with van der Waals surface area (Å²) in [6, 6.07) is 0. The molecule has 4 saturated carbocycles. The summed E-state index contributed by atoms with van der Waals surface area (Å²) in [4.78, 5) is 23.1. The molecule has 0 amide bonds. The molecule has 166 valence electrons. The molecule has 0 aromatic rings. The Morgan fingerprint density at radius 2 is 1.63 bits per heavy atom. The molecule has 4 fully saturated rings. The van der Waals surface area contributed by atoms with Gasteiger partial charge in [0.2, 0.25) is 0 Å². The summed E-state index contributed by atoms with van der Waals surface area (Å²) in [5.41, 5.74) is 0.512. The van der Waals surface area contributed by atoms with Gasteiger partial charge in [0.1, 0.15) is 12.2 Å². The zero-order valence-corrected chi connectivity index (χ0v) is 19.5. The van der Waals surface area contributed by atoms with Gasteiger partial charge in [0.25, 0.3) is 0 Å². The van der Waals surface area contributed by atoms with Crippen molar-refractivity contribution in [3.8, 4) is 0 Å². The lowest BCUT2D eigenvalue weighted by atomic mass is 9.44. The van der Waals surface area contributed by atoms with Gasteiger partial charge in [-0.2, -0.15) is 0 Å². The first kappa shape index (κ1) is 22.2. The fourth-order valence-corrected chi connectivity index (χ4v) is 8.91. The molecule has 5 heteroatoms. The molecule has 10 atom stereocenters. The average Bonchev–Trinajstić information content (AvgIpc) is 2.91. The van der Waals surface area contributed by atoms with Gasteiger partial charge in [-0.15, -0.1) is 0 Å². The van der Waals surface area contributed by atoms with Crippen LogP contribution in [0, 0.1) is 40.4 Å². The first-order valence-corrected chi connectivity index (χ1v) is 12.2. The van der Waals surface area contributed by atoms with Crippen molar-refractivity contribution in [2.75, 3.05) is 0 Å². The van der Waals surface area contributed by atoms with E-state index in [1.54, 1.807) is 0 Å². The van der Waals surface area contributed by atoms with Crippen LogP contribution in [-0.4, -0.2) is 32.0 Å². The van der Waals surface area contributed by atoms with E-state index in [0.29, 0.717) is 17.3 Å². The Balaban J connectivity index is 1.53. The van der Waals surface area contributed by atoms with Crippen molar-refractivity contribution in [1.82, 2.24) is 0 Å². The van der Waals surface area contributed by atoms with Crippen LogP contribution in [0.2, 0.25) is 5.82 Å². The van der Waals surface area contributed by atoms with Crippen molar-refractivity contribution < 1.29 is 19.1 Å². The van der Waals surface area contributed by atoms with Crippen molar-refractivity contribution in [2.45, 2.75) is 104 Å². The molecule has 0 aromatic carbocycles. The molecule has 4 aliphatic rings. The van der Waals surface area contributed by atoms with Crippen molar-refractivity contribution in [3.05, 3.63) is 0 Å². The Labute approximate surface area is 183 Å². The number of ether oxygens (including phenoxy) is 2. The van der Waals surface area contributed by atoms with Gasteiger partial charge in [0.05, 0.1) is 7.85 Å². The van der Waals surface area contributed by atoms with Gasteiger partial charge >= 0.3 is 11.9 Å². The molecule has 0 saturated heterocycles. The fraction of sp³-hybridized carbons (Fsp3) is 0.920. The number of carbonyl (C=O) groups is 2. The van der Waals surface area contributed by atoms with E-state index >= 15 is 0 Å². The van der Waals surface area contributed by atoms with E-state index in [4.69, 9.17) is 17.3 Å². The number of hydrogen-bond acceptors (Lipinski definition) is 4. The molecule has 0 bridgehead atoms. The van der Waals surface area contributed by atoms with E-state index < -0.39 is 0 Å². The minimum Gasteiger partial charge on any atom is -0.463 e. The molecular formula is C25H39BO4. The molecule has 4 aliphatic carbocycles. The second kappa shape index (κ2) is 7.85. The van der Waals surface area contributed by atoms with E-state index in [1.807, 2.05) is 6.92 Å². The SMILES string of the molecule is [B][C@@H]1C[C@H]2[C@@H]3CC[C@H]4C[C@@H](OC(C)=O)CC[C@]4(C)[C@H]3CC[C@]2(C)[C@H]1[C@H](C)OC(C)=O. The van der Waals surface area contributed by atoms with Gasteiger partial charge in [0, 0.05) is 13.8 Å². The van der Waals surface area contributed by atoms with E-state index in [-0.39, 0.29) is 41.3 Å². The molecule has 0 N–H and O–H groups in total. The Bertz CT molecular complexity index is 695. The normalized spacial score (nSPS) is 48.6. The monoisotopic (exact) mass is 414 g/mol. The first-order chi connectivity index (χ1) is 14.1. The maximum atomic E-state index is 11.6. The Kier molecular flexibility index (Phi) is 5.81. The highest BCUT2D eigenvalue weighted by Crippen LogP contribution is 2.69. The van der Waals surface area contributed by atoms with Crippen LogP contribution in [0.5, 0.6) is 0 Å². The topological polar surface area (TPSA) is 52.6 Å². The predicted octanol–water partition coefficient (Wildman–Crippen LogP) is 5.10. The summed E-state index contributed by atoms with van der Waals surface area (Å²) < 4.78 is 11.2. The Hall–Kier alpha value is -0.995. The second-order valence-electron chi connectivity index (χ2n) is 11.4. The smallest absolute Gasteiger partial charge is 0.302 e. The minimum atomic E-state index is -0.201. The Morgan fingerprint density at radius 3 is 2.30 bits per heavy atom. The second-order valence-corrected chi connectivity index (χ2v) is 11.4. The molecule has 4 rings (SSSR count). The molecule has 2 radical (unpaired) electrons. The third-order valence-electron chi connectivity index (χ3n) is 9.99. The van der Waals surface area contributed by atoms with Gasteiger partial charge in [-0.3, -0.25) is 9.59 Å². The molecule has 4 nitrogen and oxygen atoms in total. The molecule has 30 heavy (non-hydrogen) atoms. The van der Waals surface area contributed by atoms with Crippen LogP contribution in [0.15, 0.2) is 0 Å². The quantitative estimate of drug-likeness (QED) is 0.477. The van der Waals surface area contributed by atoms with Crippen molar-refractivity contribution in [3.63, 3.8) is 0 Å². The lowest BCUT2D eigenvalue weighted by Gasteiger charge is -2.61. The highest BCUT2D eigenvalue weighted by Gasteiger charge is 2.62. The van der Waals surface area contributed by atoms with E-state index in [2.05, 4.69) is 13.8 Å². The standard InChI is InChI=1S/C25H39BO4/c1-14(29-15(2)27)23-22(26)13-21-19-7-6-17-12-18(30-16(3)28)8-10-24(17,4)20(19)9-11-25(21,23)5/h14,17-23H,6-13H2,1-5H3/t14-,17-,18-,19+,20-,21-,22+,23-,24-,25-/m0/s1. The number of carbonyl (C=O) groups excluding carboxylic acids is 2. The molecule has 0 spiro atoms. The van der Waals surface area contributed by atoms with Crippen molar-refractivity contribution in [1.29, 1.82) is 0 Å². The molecular weight excluding hydrogens is 375 g/mol. The Morgan fingerprint density at radius 1 is 0.933 bits per heavy atom. The molecule has 0 heterocycles. The van der Waals surface area contributed by atoms with E-state index in [1.165, 1.54) is 46.0 Å². The fourth-order valence-electron chi connectivity index (χ4n) is 8.91. The van der Waals surface area contributed by atoms with Crippen LogP contribution in [0.1, 0.15) is 86.0 Å². The first-order valence-electron chi connectivity index (χ1n) is 12.2. The van der Waals surface area contributed by atoms with Gasteiger partial charge in [-0.1, -0.05) is 26.1 Å². The highest BCUT2D eigenvalue weighted by molar-refractivity contribution is 6.12. The summed E-state index contributed by atoms with van der Waals surface area (Å²) >= 11 is 0. The lowest BCUT2D eigenvalue weighted by molar-refractivity contribution is -0.164. The summed E-state index contributed by atoms with van der Waals surface area (Å²) in [5.74, 6) is 2.76. The third-order valence-corrected chi connectivity index (χ3v) is 9.99. The van der Waals surface area contributed by atoms with Crippen LogP contribution in [0.4, 0.5) is 0 Å². The van der Waals surface area contributed by atoms with Crippen LogP contribution >= 0.6 is 0 Å². The summed E-state index contributed by atoms with van der Waals surface area (Å²) in [6.45, 7) is 10.0.